The molecule has 0 aromatic carbocycles. The van der Waals surface area contributed by atoms with Gasteiger partial charge < -0.3 is 14.4 Å². The summed E-state index contributed by atoms with van der Waals surface area (Å²) in [5, 5.41) is 10.5. The van der Waals surface area contributed by atoms with Crippen LogP contribution in [-0.2, 0) is 16.1 Å². The van der Waals surface area contributed by atoms with Gasteiger partial charge in [0.1, 0.15) is 17.2 Å². The summed E-state index contributed by atoms with van der Waals surface area (Å²) in [6.07, 6.45) is 2.35. The molecule has 0 bridgehead atoms. The van der Waals surface area contributed by atoms with Gasteiger partial charge in [0.2, 0.25) is 5.13 Å². The molecule has 24 heavy (non-hydrogen) atoms. The van der Waals surface area contributed by atoms with E-state index in [-0.39, 0.29) is 12.2 Å². The van der Waals surface area contributed by atoms with Crippen molar-refractivity contribution in [2.24, 2.45) is 0 Å². The van der Waals surface area contributed by atoms with Crippen molar-refractivity contribution in [3.8, 4) is 0 Å². The minimum absolute atomic E-state index is 0.0434. The van der Waals surface area contributed by atoms with Crippen molar-refractivity contribution in [1.29, 1.82) is 0 Å². The standard InChI is InChI=1S/C17H22N4O2S/c1-11-5-3-6-13(18-11)10-23-15-9-21(17-20-19-12(2)24-17)14-7-4-8-22-16(14)15/h3,5-6,14-16H,4,7-10H2,1-2H3/t14-,15+,16+/m0/s1. The quantitative estimate of drug-likeness (QED) is 0.848. The zero-order chi connectivity index (χ0) is 16.5. The lowest BCUT2D eigenvalue weighted by molar-refractivity contribution is -0.0789. The van der Waals surface area contributed by atoms with Crippen molar-refractivity contribution in [2.75, 3.05) is 18.1 Å². The molecule has 2 aliphatic rings. The average Bonchev–Trinajstić information content (AvgIpc) is 3.17. The molecule has 2 aromatic rings. The van der Waals surface area contributed by atoms with E-state index in [1.165, 1.54) is 0 Å². The highest BCUT2D eigenvalue weighted by molar-refractivity contribution is 7.15. The van der Waals surface area contributed by atoms with Crippen LogP contribution in [0.1, 0.15) is 29.2 Å². The van der Waals surface area contributed by atoms with Gasteiger partial charge in [0.05, 0.1) is 18.3 Å². The monoisotopic (exact) mass is 346 g/mol. The molecule has 2 fully saturated rings. The second kappa shape index (κ2) is 6.74. The Morgan fingerprint density at radius 3 is 3.04 bits per heavy atom. The Morgan fingerprint density at radius 2 is 2.25 bits per heavy atom. The van der Waals surface area contributed by atoms with Gasteiger partial charge in [-0.2, -0.15) is 0 Å². The molecule has 4 heterocycles. The van der Waals surface area contributed by atoms with E-state index in [1.54, 1.807) is 11.3 Å². The van der Waals surface area contributed by atoms with Crippen LogP contribution < -0.4 is 4.90 Å². The zero-order valence-electron chi connectivity index (χ0n) is 14.0. The van der Waals surface area contributed by atoms with Gasteiger partial charge in [0, 0.05) is 18.8 Å². The zero-order valence-corrected chi connectivity index (χ0v) is 14.8. The van der Waals surface area contributed by atoms with Gasteiger partial charge >= 0.3 is 0 Å². The van der Waals surface area contributed by atoms with E-state index < -0.39 is 0 Å². The first kappa shape index (κ1) is 15.9. The van der Waals surface area contributed by atoms with E-state index >= 15 is 0 Å². The molecule has 0 amide bonds. The summed E-state index contributed by atoms with van der Waals surface area (Å²) in [6.45, 7) is 6.12. The maximum Gasteiger partial charge on any atom is 0.208 e. The van der Waals surface area contributed by atoms with Crippen molar-refractivity contribution < 1.29 is 9.47 Å². The molecule has 6 nitrogen and oxygen atoms in total. The van der Waals surface area contributed by atoms with Crippen LogP contribution in [0.3, 0.4) is 0 Å². The van der Waals surface area contributed by atoms with Gasteiger partial charge in [0.15, 0.2) is 0 Å². The van der Waals surface area contributed by atoms with Gasteiger partial charge in [0.25, 0.3) is 0 Å². The number of aryl methyl sites for hydroxylation is 2. The molecule has 128 valence electrons. The van der Waals surface area contributed by atoms with Crippen LogP contribution >= 0.6 is 11.3 Å². The van der Waals surface area contributed by atoms with Crippen LogP contribution in [0.2, 0.25) is 0 Å². The van der Waals surface area contributed by atoms with Gasteiger partial charge in [-0.05, 0) is 38.8 Å². The first-order chi connectivity index (χ1) is 11.7. The molecule has 2 saturated heterocycles. The number of fused-ring (bicyclic) bond motifs is 1. The summed E-state index contributed by atoms with van der Waals surface area (Å²) in [4.78, 5) is 6.84. The Bertz CT molecular complexity index is 707. The first-order valence-electron chi connectivity index (χ1n) is 8.43. The van der Waals surface area contributed by atoms with Crippen LogP contribution in [0.25, 0.3) is 0 Å². The normalized spacial score (nSPS) is 26.6. The molecule has 0 N–H and O–H groups in total. The molecular weight excluding hydrogens is 324 g/mol. The highest BCUT2D eigenvalue weighted by Crippen LogP contribution is 2.35. The fourth-order valence-corrected chi connectivity index (χ4v) is 4.31. The fourth-order valence-electron chi connectivity index (χ4n) is 3.55. The minimum atomic E-state index is 0.0434. The average molecular weight is 346 g/mol. The highest BCUT2D eigenvalue weighted by atomic mass is 32.1. The molecule has 2 aromatic heterocycles. The number of nitrogens with zero attached hydrogens (tertiary/aromatic N) is 4. The van der Waals surface area contributed by atoms with Gasteiger partial charge in [-0.15, -0.1) is 10.2 Å². The van der Waals surface area contributed by atoms with Crippen LogP contribution in [0.15, 0.2) is 18.2 Å². The summed E-state index contributed by atoms with van der Waals surface area (Å²) in [5.74, 6) is 0. The maximum atomic E-state index is 6.20. The molecular formula is C17H22N4O2S. The molecule has 2 aliphatic heterocycles. The molecule has 3 atom stereocenters. The molecule has 0 unspecified atom stereocenters. The van der Waals surface area contributed by atoms with E-state index in [0.717, 1.165) is 47.5 Å². The molecule has 0 radical (unpaired) electrons. The van der Waals surface area contributed by atoms with E-state index in [0.29, 0.717) is 12.6 Å². The third kappa shape index (κ3) is 3.16. The van der Waals surface area contributed by atoms with Gasteiger partial charge in [-0.25, -0.2) is 0 Å². The van der Waals surface area contributed by atoms with Crippen LogP contribution in [-0.4, -0.2) is 46.6 Å². The summed E-state index contributed by atoms with van der Waals surface area (Å²) in [6, 6.07) is 6.36. The molecule has 4 rings (SSSR count). The highest BCUT2D eigenvalue weighted by Gasteiger charge is 2.45. The van der Waals surface area contributed by atoms with E-state index in [1.807, 2.05) is 32.0 Å². The summed E-state index contributed by atoms with van der Waals surface area (Å²) >= 11 is 1.64. The number of ether oxygens (including phenoxy) is 2. The fraction of sp³-hybridized carbons (Fsp3) is 0.588. The van der Waals surface area contributed by atoms with Crippen molar-refractivity contribution in [1.82, 2.24) is 15.2 Å². The van der Waals surface area contributed by atoms with E-state index in [4.69, 9.17) is 9.47 Å². The second-order valence-electron chi connectivity index (χ2n) is 6.42. The number of aromatic nitrogens is 3. The Hall–Kier alpha value is -1.57. The third-order valence-electron chi connectivity index (χ3n) is 4.63. The lowest BCUT2D eigenvalue weighted by Crippen LogP contribution is -2.42. The predicted octanol–water partition coefficient (Wildman–Crippen LogP) is 2.50. The SMILES string of the molecule is Cc1cccc(CO[C@@H]2CN(c3nnc(C)s3)[C@H]3CCCO[C@@H]23)n1. The minimum Gasteiger partial charge on any atom is -0.373 e. The van der Waals surface area contributed by atoms with E-state index in [2.05, 4.69) is 20.1 Å². The van der Waals surface area contributed by atoms with Gasteiger partial charge in [-0.3, -0.25) is 4.98 Å². The number of hydrogen-bond donors (Lipinski definition) is 0. The summed E-state index contributed by atoms with van der Waals surface area (Å²) < 4.78 is 12.3. The molecule has 0 saturated carbocycles. The van der Waals surface area contributed by atoms with Gasteiger partial charge in [-0.1, -0.05) is 17.4 Å². The largest absolute Gasteiger partial charge is 0.373 e. The summed E-state index contributed by atoms with van der Waals surface area (Å²) in [5.41, 5.74) is 1.98. The van der Waals surface area contributed by atoms with Crippen molar-refractivity contribution in [3.05, 3.63) is 34.6 Å². The Morgan fingerprint density at radius 1 is 1.33 bits per heavy atom. The lowest BCUT2D eigenvalue weighted by atomic mass is 10.0. The molecule has 0 spiro atoms. The Balaban J connectivity index is 1.48. The molecule has 7 heteroatoms. The smallest absolute Gasteiger partial charge is 0.208 e. The second-order valence-corrected chi connectivity index (χ2v) is 7.58. The van der Waals surface area contributed by atoms with Crippen molar-refractivity contribution in [3.63, 3.8) is 0 Å². The number of hydrogen-bond acceptors (Lipinski definition) is 7. The predicted molar refractivity (Wildman–Crippen MR) is 92.3 cm³/mol. The van der Waals surface area contributed by atoms with Crippen LogP contribution in [0.4, 0.5) is 5.13 Å². The number of anilines is 1. The van der Waals surface area contributed by atoms with Crippen molar-refractivity contribution >= 4 is 16.5 Å². The van der Waals surface area contributed by atoms with E-state index in [9.17, 15) is 0 Å². The summed E-state index contributed by atoms with van der Waals surface area (Å²) in [7, 11) is 0. The topological polar surface area (TPSA) is 60.4 Å². The maximum absolute atomic E-state index is 6.20. The van der Waals surface area contributed by atoms with Crippen molar-refractivity contribution in [2.45, 2.75) is 51.5 Å². The Labute approximate surface area is 145 Å². The number of rotatable bonds is 4. The number of pyridine rings is 1. The third-order valence-corrected chi connectivity index (χ3v) is 5.51. The van der Waals surface area contributed by atoms with Crippen LogP contribution in [0, 0.1) is 13.8 Å². The first-order valence-corrected chi connectivity index (χ1v) is 9.25. The Kier molecular flexibility index (Phi) is 4.47. The van der Waals surface area contributed by atoms with Crippen LogP contribution in [0.5, 0.6) is 0 Å². The molecule has 0 aliphatic carbocycles. The lowest BCUT2D eigenvalue weighted by Gasteiger charge is -2.31.